The number of rotatable bonds is 4. The van der Waals surface area contributed by atoms with Crippen molar-refractivity contribution in [3.8, 4) is 0 Å². The first-order valence-corrected chi connectivity index (χ1v) is 8.93. The summed E-state index contributed by atoms with van der Waals surface area (Å²) in [7, 11) is 0. The first-order valence-electron chi connectivity index (χ1n) is 6.85. The van der Waals surface area contributed by atoms with Crippen molar-refractivity contribution in [2.45, 2.75) is 49.9 Å². The fourth-order valence-corrected chi connectivity index (χ4v) is 4.47. The number of nitrogens with one attached hydrogen (secondary N) is 1. The summed E-state index contributed by atoms with van der Waals surface area (Å²) in [5, 5.41) is 4.43. The van der Waals surface area contributed by atoms with Crippen molar-refractivity contribution in [3.63, 3.8) is 0 Å². The minimum Gasteiger partial charge on any atom is -0.306 e. The van der Waals surface area contributed by atoms with Crippen molar-refractivity contribution in [2.24, 2.45) is 0 Å². The minimum absolute atomic E-state index is 0.192. The van der Waals surface area contributed by atoms with Crippen LogP contribution in [0.25, 0.3) is 0 Å². The highest BCUT2D eigenvalue weighted by atomic mass is 79.9. The van der Waals surface area contributed by atoms with E-state index in [1.54, 1.807) is 6.07 Å². The van der Waals surface area contributed by atoms with Gasteiger partial charge in [0.2, 0.25) is 0 Å². The Bertz CT molecular complexity index is 427. The molecule has 0 heterocycles. The van der Waals surface area contributed by atoms with E-state index in [0.717, 1.165) is 10.0 Å². The maximum absolute atomic E-state index is 13.1. The van der Waals surface area contributed by atoms with Crippen LogP contribution in [-0.4, -0.2) is 17.5 Å². The van der Waals surface area contributed by atoms with E-state index in [1.165, 1.54) is 31.7 Å². The first kappa shape index (κ1) is 15.3. The van der Waals surface area contributed by atoms with Gasteiger partial charge in [-0.2, -0.15) is 11.8 Å². The Kier molecular flexibility index (Phi) is 5.72. The van der Waals surface area contributed by atoms with Crippen LogP contribution in [-0.2, 0) is 0 Å². The molecule has 4 heteroatoms. The lowest BCUT2D eigenvalue weighted by molar-refractivity contribution is 0.356. The highest BCUT2D eigenvalue weighted by Gasteiger charge is 2.26. The third-order valence-corrected chi connectivity index (χ3v) is 5.75. The fourth-order valence-electron chi connectivity index (χ4n) is 2.83. The van der Waals surface area contributed by atoms with Crippen molar-refractivity contribution in [2.75, 3.05) is 6.26 Å². The van der Waals surface area contributed by atoms with E-state index in [9.17, 15) is 4.39 Å². The second-order valence-electron chi connectivity index (χ2n) is 5.22. The molecule has 19 heavy (non-hydrogen) atoms. The molecule has 0 aromatic heterocycles. The summed E-state index contributed by atoms with van der Waals surface area (Å²) in [6.07, 6.45) is 7.40. The molecule has 1 aromatic carbocycles. The molecule has 2 rings (SSSR count). The second-order valence-corrected chi connectivity index (χ2v) is 7.15. The molecule has 0 spiro atoms. The lowest BCUT2D eigenvalue weighted by atomic mass is 9.93. The summed E-state index contributed by atoms with van der Waals surface area (Å²) < 4.78 is 14.0. The third kappa shape index (κ3) is 3.96. The smallest absolute Gasteiger partial charge is 0.124 e. The maximum atomic E-state index is 13.1. The quantitative estimate of drug-likeness (QED) is 0.831. The number of halogens is 2. The largest absolute Gasteiger partial charge is 0.306 e. The molecule has 106 valence electrons. The Labute approximate surface area is 127 Å². The highest BCUT2D eigenvalue weighted by Crippen LogP contribution is 2.30. The number of benzene rings is 1. The van der Waals surface area contributed by atoms with E-state index < -0.39 is 0 Å². The summed E-state index contributed by atoms with van der Waals surface area (Å²) in [6, 6.07) is 5.75. The van der Waals surface area contributed by atoms with Gasteiger partial charge in [-0.1, -0.05) is 34.8 Å². The van der Waals surface area contributed by atoms with Crippen LogP contribution < -0.4 is 5.32 Å². The molecular weight excluding hydrogens is 325 g/mol. The molecule has 3 atom stereocenters. The molecule has 0 saturated heterocycles. The van der Waals surface area contributed by atoms with E-state index in [1.807, 2.05) is 17.8 Å². The Morgan fingerprint density at radius 1 is 1.37 bits per heavy atom. The van der Waals surface area contributed by atoms with Gasteiger partial charge in [-0.25, -0.2) is 4.39 Å². The van der Waals surface area contributed by atoms with Gasteiger partial charge >= 0.3 is 0 Å². The third-order valence-electron chi connectivity index (χ3n) is 3.90. The normalized spacial score (nSPS) is 25.3. The van der Waals surface area contributed by atoms with Crippen LogP contribution in [0, 0.1) is 5.82 Å². The van der Waals surface area contributed by atoms with Crippen LogP contribution >= 0.6 is 27.7 Å². The average Bonchev–Trinajstić information content (AvgIpc) is 2.39. The van der Waals surface area contributed by atoms with Crippen molar-refractivity contribution >= 4 is 27.7 Å². The van der Waals surface area contributed by atoms with Gasteiger partial charge in [0.15, 0.2) is 0 Å². The van der Waals surface area contributed by atoms with Crippen LogP contribution in [0.5, 0.6) is 0 Å². The zero-order chi connectivity index (χ0) is 13.8. The highest BCUT2D eigenvalue weighted by molar-refractivity contribution is 9.10. The van der Waals surface area contributed by atoms with E-state index in [2.05, 4.69) is 34.4 Å². The van der Waals surface area contributed by atoms with E-state index >= 15 is 0 Å². The van der Waals surface area contributed by atoms with Crippen molar-refractivity contribution in [1.82, 2.24) is 5.32 Å². The zero-order valence-electron chi connectivity index (χ0n) is 11.5. The molecule has 1 nitrogen and oxygen atoms in total. The lowest BCUT2D eigenvalue weighted by Crippen LogP contribution is -2.41. The Morgan fingerprint density at radius 3 is 2.79 bits per heavy atom. The van der Waals surface area contributed by atoms with Gasteiger partial charge in [-0.05, 0) is 43.7 Å². The van der Waals surface area contributed by atoms with E-state index in [-0.39, 0.29) is 11.9 Å². The maximum Gasteiger partial charge on any atom is 0.124 e. The monoisotopic (exact) mass is 345 g/mol. The second kappa shape index (κ2) is 7.09. The van der Waals surface area contributed by atoms with Crippen LogP contribution in [0.15, 0.2) is 22.7 Å². The summed E-state index contributed by atoms with van der Waals surface area (Å²) in [5.74, 6) is -0.192. The first-order chi connectivity index (χ1) is 9.11. The van der Waals surface area contributed by atoms with Crippen molar-refractivity contribution < 1.29 is 4.39 Å². The van der Waals surface area contributed by atoms with Gasteiger partial charge in [0.05, 0.1) is 0 Å². The van der Waals surface area contributed by atoms with Gasteiger partial charge in [-0.15, -0.1) is 0 Å². The Morgan fingerprint density at radius 2 is 2.11 bits per heavy atom. The SMILES string of the molecule is CSC1CCCCC1NC(C)c1ccc(F)cc1Br. The van der Waals surface area contributed by atoms with Gasteiger partial charge in [0.1, 0.15) is 5.82 Å². The van der Waals surface area contributed by atoms with Crippen LogP contribution in [0.2, 0.25) is 0 Å². The summed E-state index contributed by atoms with van der Waals surface area (Å²) in [5.41, 5.74) is 1.13. The minimum atomic E-state index is -0.192. The predicted molar refractivity (Wildman–Crippen MR) is 85.2 cm³/mol. The van der Waals surface area contributed by atoms with Gasteiger partial charge in [-0.3, -0.25) is 0 Å². The number of hydrogen-bond acceptors (Lipinski definition) is 2. The molecule has 1 N–H and O–H groups in total. The summed E-state index contributed by atoms with van der Waals surface area (Å²) in [6.45, 7) is 2.16. The number of thioether (sulfide) groups is 1. The summed E-state index contributed by atoms with van der Waals surface area (Å²) in [4.78, 5) is 0. The average molecular weight is 346 g/mol. The topological polar surface area (TPSA) is 12.0 Å². The van der Waals surface area contributed by atoms with E-state index in [4.69, 9.17) is 0 Å². The Hall–Kier alpha value is -0.0600. The molecule has 1 aromatic rings. The Balaban J connectivity index is 2.05. The molecule has 0 aliphatic heterocycles. The molecule has 1 aliphatic rings. The zero-order valence-corrected chi connectivity index (χ0v) is 13.9. The van der Waals surface area contributed by atoms with Crippen LogP contribution in [0.1, 0.15) is 44.2 Å². The molecule has 0 radical (unpaired) electrons. The van der Waals surface area contributed by atoms with Crippen LogP contribution in [0.3, 0.4) is 0 Å². The molecule has 1 aliphatic carbocycles. The molecule has 0 bridgehead atoms. The van der Waals surface area contributed by atoms with Crippen LogP contribution in [0.4, 0.5) is 4.39 Å². The van der Waals surface area contributed by atoms with Gasteiger partial charge < -0.3 is 5.32 Å². The van der Waals surface area contributed by atoms with Crippen molar-refractivity contribution in [3.05, 3.63) is 34.1 Å². The van der Waals surface area contributed by atoms with Gasteiger partial charge in [0.25, 0.3) is 0 Å². The standard InChI is InChI=1S/C15H21BrFNS/c1-10(12-8-7-11(17)9-13(12)16)18-14-5-3-4-6-15(14)19-2/h7-10,14-15,18H,3-6H2,1-2H3. The van der Waals surface area contributed by atoms with Crippen molar-refractivity contribution in [1.29, 1.82) is 0 Å². The predicted octanol–water partition coefficient (Wildman–Crippen LogP) is 4.91. The summed E-state index contributed by atoms with van der Waals surface area (Å²) >= 11 is 5.42. The molecule has 1 saturated carbocycles. The molecular formula is C15H21BrFNS. The lowest BCUT2D eigenvalue weighted by Gasteiger charge is -2.33. The van der Waals surface area contributed by atoms with Gasteiger partial charge in [0, 0.05) is 21.8 Å². The molecule has 0 amide bonds. The molecule has 3 unspecified atom stereocenters. The number of hydrogen-bond donors (Lipinski definition) is 1. The molecule has 1 fully saturated rings. The van der Waals surface area contributed by atoms with E-state index in [0.29, 0.717) is 11.3 Å². The fraction of sp³-hybridized carbons (Fsp3) is 0.600.